The molecule has 0 radical (unpaired) electrons. The summed E-state index contributed by atoms with van der Waals surface area (Å²) >= 11 is 0. The van der Waals surface area contributed by atoms with E-state index in [9.17, 15) is 4.79 Å². The van der Waals surface area contributed by atoms with Gasteiger partial charge >= 0.3 is 0 Å². The molecule has 1 nitrogen and oxygen atoms in total. The largest absolute Gasteiger partial charge is 0.299 e. The predicted octanol–water partition coefficient (Wildman–Crippen LogP) is 2.42. The Hall–Kier alpha value is -0.590. The molecular weight excluding hydrogens is 124 g/mol. The van der Waals surface area contributed by atoms with Crippen LogP contribution in [0.25, 0.3) is 0 Å². The summed E-state index contributed by atoms with van der Waals surface area (Å²) in [6.45, 7) is 6.49. The summed E-state index contributed by atoms with van der Waals surface area (Å²) in [5, 5.41) is 0. The topological polar surface area (TPSA) is 17.1 Å². The van der Waals surface area contributed by atoms with Crippen molar-refractivity contribution in [1.29, 1.82) is 0 Å². The molecule has 0 aromatic rings. The van der Waals surface area contributed by atoms with E-state index in [1.165, 1.54) is 6.42 Å². The van der Waals surface area contributed by atoms with Crippen LogP contribution in [0.1, 0.15) is 27.2 Å². The molecule has 0 heterocycles. The number of carbonyl (C=O) groups excluding carboxylic acids is 1. The number of carbonyl (C=O) groups is 1. The highest BCUT2D eigenvalue weighted by atomic mass is 16.1. The van der Waals surface area contributed by atoms with E-state index in [0.717, 1.165) is 6.29 Å². The van der Waals surface area contributed by atoms with Crippen LogP contribution in [0, 0.1) is 11.8 Å². The normalized spacial score (nSPS) is 17.1. The van der Waals surface area contributed by atoms with Crippen molar-refractivity contribution < 1.29 is 4.79 Å². The highest BCUT2D eigenvalue weighted by Crippen LogP contribution is 2.14. The molecule has 0 fully saturated rings. The molecule has 0 aromatic heterocycles. The molecule has 0 aliphatic rings. The van der Waals surface area contributed by atoms with Gasteiger partial charge in [0.25, 0.3) is 0 Å². The maximum Gasteiger partial charge on any atom is 0.142 e. The average Bonchev–Trinajstić information content (AvgIpc) is 1.98. The van der Waals surface area contributed by atoms with E-state index >= 15 is 0 Å². The molecule has 0 aliphatic carbocycles. The summed E-state index contributed by atoms with van der Waals surface area (Å²) in [7, 11) is 0. The third-order valence-electron chi connectivity index (χ3n) is 2.03. The Morgan fingerprint density at radius 2 is 2.00 bits per heavy atom. The molecule has 0 spiro atoms. The first-order chi connectivity index (χ1) is 4.72. The van der Waals surface area contributed by atoms with Crippen LogP contribution < -0.4 is 0 Å². The summed E-state index contributed by atoms with van der Waals surface area (Å²) < 4.78 is 0. The number of rotatable bonds is 4. The van der Waals surface area contributed by atoms with Gasteiger partial charge in [-0.15, -0.1) is 0 Å². The van der Waals surface area contributed by atoms with E-state index in [-0.39, 0.29) is 0 Å². The smallest absolute Gasteiger partial charge is 0.142 e. The second kappa shape index (κ2) is 5.21. The molecule has 0 amide bonds. The summed E-state index contributed by atoms with van der Waals surface area (Å²) in [6.07, 6.45) is 5.54. The summed E-state index contributed by atoms with van der Waals surface area (Å²) in [5.41, 5.74) is 0. The molecule has 0 bridgehead atoms. The second-order valence-corrected chi connectivity index (χ2v) is 2.77. The lowest BCUT2D eigenvalue weighted by Gasteiger charge is -2.12. The van der Waals surface area contributed by atoms with E-state index in [1.54, 1.807) is 6.08 Å². The fourth-order valence-corrected chi connectivity index (χ4v) is 0.782. The minimum atomic E-state index is 0.523. The third kappa shape index (κ3) is 3.44. The maximum atomic E-state index is 9.93. The van der Waals surface area contributed by atoms with E-state index in [4.69, 9.17) is 0 Å². The van der Waals surface area contributed by atoms with Gasteiger partial charge in [0.15, 0.2) is 0 Å². The van der Waals surface area contributed by atoms with E-state index < -0.39 is 0 Å². The molecular formula is C9H16O. The van der Waals surface area contributed by atoms with Crippen LogP contribution >= 0.6 is 0 Å². The van der Waals surface area contributed by atoms with Gasteiger partial charge in [-0.25, -0.2) is 0 Å². The molecule has 0 aromatic carbocycles. The van der Waals surface area contributed by atoms with Crippen molar-refractivity contribution in [2.24, 2.45) is 11.8 Å². The summed E-state index contributed by atoms with van der Waals surface area (Å²) in [6, 6.07) is 0. The van der Waals surface area contributed by atoms with Crippen molar-refractivity contribution in [3.8, 4) is 0 Å². The Kier molecular flexibility index (Phi) is 4.91. The van der Waals surface area contributed by atoms with Crippen LogP contribution in [-0.2, 0) is 4.79 Å². The zero-order valence-electron chi connectivity index (χ0n) is 7.00. The standard InChI is InChI=1S/C9H16O/c1-4-8(2)9(3)6-5-7-10/h5-9H,4H2,1-3H3. The Morgan fingerprint density at radius 3 is 2.40 bits per heavy atom. The molecule has 1 heteroatoms. The molecule has 0 N–H and O–H groups in total. The fourth-order valence-electron chi connectivity index (χ4n) is 0.782. The number of aldehydes is 1. The van der Waals surface area contributed by atoms with Gasteiger partial charge in [0.05, 0.1) is 0 Å². The molecule has 58 valence electrons. The van der Waals surface area contributed by atoms with Crippen LogP contribution in [0.3, 0.4) is 0 Å². The molecule has 0 saturated heterocycles. The van der Waals surface area contributed by atoms with Crippen LogP contribution in [0.2, 0.25) is 0 Å². The van der Waals surface area contributed by atoms with Crippen molar-refractivity contribution in [1.82, 2.24) is 0 Å². The number of allylic oxidation sites excluding steroid dienone is 2. The molecule has 0 saturated carbocycles. The van der Waals surface area contributed by atoms with Crippen molar-refractivity contribution in [2.45, 2.75) is 27.2 Å². The zero-order chi connectivity index (χ0) is 7.98. The van der Waals surface area contributed by atoms with E-state index in [2.05, 4.69) is 20.8 Å². The molecule has 10 heavy (non-hydrogen) atoms. The first-order valence-electron chi connectivity index (χ1n) is 3.84. The van der Waals surface area contributed by atoms with Crippen LogP contribution in [-0.4, -0.2) is 6.29 Å². The van der Waals surface area contributed by atoms with Gasteiger partial charge in [0.2, 0.25) is 0 Å². The molecule has 2 unspecified atom stereocenters. The minimum absolute atomic E-state index is 0.523. The second-order valence-electron chi connectivity index (χ2n) is 2.77. The van der Waals surface area contributed by atoms with Gasteiger partial charge in [0.1, 0.15) is 6.29 Å². The Labute approximate surface area is 63.1 Å². The van der Waals surface area contributed by atoms with Crippen LogP contribution in [0.5, 0.6) is 0 Å². The molecule has 0 aliphatic heterocycles. The third-order valence-corrected chi connectivity index (χ3v) is 2.03. The van der Waals surface area contributed by atoms with Gasteiger partial charge in [-0.05, 0) is 17.9 Å². The highest BCUT2D eigenvalue weighted by Gasteiger charge is 2.04. The highest BCUT2D eigenvalue weighted by molar-refractivity contribution is 5.64. The van der Waals surface area contributed by atoms with Gasteiger partial charge < -0.3 is 0 Å². The van der Waals surface area contributed by atoms with Crippen molar-refractivity contribution in [3.05, 3.63) is 12.2 Å². The number of hydrogen-bond donors (Lipinski definition) is 0. The van der Waals surface area contributed by atoms with Crippen LogP contribution in [0.15, 0.2) is 12.2 Å². The van der Waals surface area contributed by atoms with Gasteiger partial charge in [-0.1, -0.05) is 33.3 Å². The first-order valence-corrected chi connectivity index (χ1v) is 3.84. The quantitative estimate of drug-likeness (QED) is 0.433. The summed E-state index contributed by atoms with van der Waals surface area (Å²) in [4.78, 5) is 9.93. The average molecular weight is 140 g/mol. The van der Waals surface area contributed by atoms with Crippen molar-refractivity contribution in [3.63, 3.8) is 0 Å². The van der Waals surface area contributed by atoms with E-state index in [0.29, 0.717) is 11.8 Å². The molecule has 0 rings (SSSR count). The lowest BCUT2D eigenvalue weighted by Crippen LogP contribution is -2.02. The molecule has 2 atom stereocenters. The first kappa shape index (κ1) is 9.41. The maximum absolute atomic E-state index is 9.93. The van der Waals surface area contributed by atoms with Crippen LogP contribution in [0.4, 0.5) is 0 Å². The zero-order valence-corrected chi connectivity index (χ0v) is 7.00. The van der Waals surface area contributed by atoms with Gasteiger partial charge in [-0.2, -0.15) is 0 Å². The predicted molar refractivity (Wildman–Crippen MR) is 43.8 cm³/mol. The SMILES string of the molecule is CCC(C)C(C)C=CC=O. The lowest BCUT2D eigenvalue weighted by molar-refractivity contribution is -0.104. The Bertz CT molecular complexity index is 116. The Morgan fingerprint density at radius 1 is 1.40 bits per heavy atom. The van der Waals surface area contributed by atoms with Gasteiger partial charge in [-0.3, -0.25) is 4.79 Å². The summed E-state index contributed by atoms with van der Waals surface area (Å²) in [5.74, 6) is 1.20. The fraction of sp³-hybridized carbons (Fsp3) is 0.667. The minimum Gasteiger partial charge on any atom is -0.299 e. The van der Waals surface area contributed by atoms with Crippen molar-refractivity contribution >= 4 is 6.29 Å². The van der Waals surface area contributed by atoms with Crippen molar-refractivity contribution in [2.75, 3.05) is 0 Å². The van der Waals surface area contributed by atoms with E-state index in [1.807, 2.05) is 6.08 Å². The van der Waals surface area contributed by atoms with Gasteiger partial charge in [0, 0.05) is 0 Å². The lowest BCUT2D eigenvalue weighted by atomic mass is 9.93. The Balaban J connectivity index is 3.70. The number of hydrogen-bond acceptors (Lipinski definition) is 1. The monoisotopic (exact) mass is 140 g/mol.